The molecule has 0 radical (unpaired) electrons. The zero-order valence-electron chi connectivity index (χ0n) is 17.7. The van der Waals surface area contributed by atoms with Crippen LogP contribution in [0.2, 0.25) is 0 Å². The highest BCUT2D eigenvalue weighted by Crippen LogP contribution is 2.43. The molecule has 156 valence electrons. The first kappa shape index (κ1) is 20.1. The van der Waals surface area contributed by atoms with E-state index >= 15 is 0 Å². The molecule has 0 saturated heterocycles. The van der Waals surface area contributed by atoms with E-state index in [9.17, 15) is 15.0 Å². The van der Waals surface area contributed by atoms with Crippen LogP contribution in [0.25, 0.3) is 6.08 Å². The number of carbonyl (C=O) groups is 1. The van der Waals surface area contributed by atoms with Gasteiger partial charge < -0.3 is 19.7 Å². The third-order valence-electron chi connectivity index (χ3n) is 5.33. The fraction of sp³-hybridized carbons (Fsp3) is 0.320. The smallest absolute Gasteiger partial charge is 0.174 e. The number of rotatable bonds is 3. The van der Waals surface area contributed by atoms with E-state index in [4.69, 9.17) is 9.47 Å². The summed E-state index contributed by atoms with van der Waals surface area (Å²) in [5.41, 5.74) is 3.78. The topological polar surface area (TPSA) is 76.0 Å². The van der Waals surface area contributed by atoms with Crippen LogP contribution in [0.4, 0.5) is 0 Å². The van der Waals surface area contributed by atoms with E-state index in [1.165, 1.54) is 11.6 Å². The average molecular weight is 406 g/mol. The normalized spacial score (nSPS) is 18.7. The maximum Gasteiger partial charge on any atom is 0.174 e. The molecule has 5 nitrogen and oxygen atoms in total. The van der Waals surface area contributed by atoms with Crippen LogP contribution in [-0.2, 0) is 6.42 Å². The largest absolute Gasteiger partial charge is 0.508 e. The number of allylic oxidation sites excluding steroid dienone is 2. The Hall–Kier alpha value is -3.21. The van der Waals surface area contributed by atoms with Crippen LogP contribution in [0.1, 0.15) is 67.3 Å². The number of hydrogen-bond acceptors (Lipinski definition) is 5. The number of ketones is 1. The van der Waals surface area contributed by atoms with Gasteiger partial charge in [0.05, 0.1) is 6.42 Å². The summed E-state index contributed by atoms with van der Waals surface area (Å²) in [4.78, 5) is 12.7. The molecule has 0 aromatic heterocycles. The van der Waals surface area contributed by atoms with Crippen molar-refractivity contribution in [3.8, 4) is 23.0 Å². The highest BCUT2D eigenvalue weighted by Gasteiger charge is 2.32. The summed E-state index contributed by atoms with van der Waals surface area (Å²) in [5, 5.41) is 19.8. The van der Waals surface area contributed by atoms with E-state index in [0.29, 0.717) is 6.42 Å². The SMILES string of the molecule is CC(C)=CCc1cc([C@@H]2CC(=O)c3c(O)cc(O)cc3O2)cc2c1OC(C)(C)C=C2. The zero-order chi connectivity index (χ0) is 21.6. The van der Waals surface area contributed by atoms with E-state index in [-0.39, 0.29) is 40.6 Å². The van der Waals surface area contributed by atoms with Gasteiger partial charge in [0.25, 0.3) is 0 Å². The second-order valence-electron chi connectivity index (χ2n) is 8.69. The maximum absolute atomic E-state index is 12.7. The lowest BCUT2D eigenvalue weighted by molar-refractivity contribution is 0.0844. The molecule has 0 fully saturated rings. The number of carbonyl (C=O) groups excluding carboxylic acids is 1. The molecule has 0 amide bonds. The molecule has 2 heterocycles. The Bertz CT molecular complexity index is 1090. The van der Waals surface area contributed by atoms with Gasteiger partial charge in [-0.25, -0.2) is 0 Å². The Kier molecular flexibility index (Phi) is 4.85. The van der Waals surface area contributed by atoms with Crippen LogP contribution in [0, 0.1) is 0 Å². The van der Waals surface area contributed by atoms with Gasteiger partial charge in [-0.15, -0.1) is 0 Å². The standard InChI is InChI=1S/C25H26O5/c1-14(2)5-6-15-9-17(10-16-7-8-25(3,4)30-24(15)16)21-13-20(28)23-19(27)11-18(26)12-22(23)29-21/h5,7-12,21,26-27H,6,13H2,1-4H3/t21-/m0/s1. The molecule has 1 atom stereocenters. The third kappa shape index (κ3) is 3.80. The Morgan fingerprint density at radius 2 is 1.97 bits per heavy atom. The molecule has 2 N–H and O–H groups in total. The molecule has 5 heteroatoms. The molecule has 2 aromatic rings. The lowest BCUT2D eigenvalue weighted by atomic mass is 9.90. The molecule has 30 heavy (non-hydrogen) atoms. The second kappa shape index (κ2) is 7.24. The first-order chi connectivity index (χ1) is 14.1. The maximum atomic E-state index is 12.7. The molecule has 0 saturated carbocycles. The van der Waals surface area contributed by atoms with Crippen molar-refractivity contribution in [3.63, 3.8) is 0 Å². The minimum atomic E-state index is -0.509. The van der Waals surface area contributed by atoms with Crippen molar-refractivity contribution in [1.82, 2.24) is 0 Å². The highest BCUT2D eigenvalue weighted by atomic mass is 16.5. The van der Waals surface area contributed by atoms with Crippen molar-refractivity contribution < 1.29 is 24.5 Å². The predicted octanol–water partition coefficient (Wildman–Crippen LogP) is 5.50. The molecule has 2 aliphatic rings. The van der Waals surface area contributed by atoms with Crippen LogP contribution in [0.5, 0.6) is 23.0 Å². The van der Waals surface area contributed by atoms with Crippen LogP contribution in [0.15, 0.2) is 42.0 Å². The zero-order valence-corrected chi connectivity index (χ0v) is 17.7. The van der Waals surface area contributed by atoms with Gasteiger partial charge in [0.15, 0.2) is 5.78 Å². The summed E-state index contributed by atoms with van der Waals surface area (Å²) in [6.45, 7) is 8.15. The van der Waals surface area contributed by atoms with Crippen LogP contribution >= 0.6 is 0 Å². The summed E-state index contributed by atoms with van der Waals surface area (Å²) < 4.78 is 12.3. The molecule has 0 aliphatic carbocycles. The Morgan fingerprint density at radius 1 is 1.20 bits per heavy atom. The quantitative estimate of drug-likeness (QED) is 0.659. The van der Waals surface area contributed by atoms with Gasteiger partial charge in [-0.05, 0) is 63.5 Å². The molecule has 0 spiro atoms. The molecular weight excluding hydrogens is 380 g/mol. The van der Waals surface area contributed by atoms with Gasteiger partial charge in [0, 0.05) is 17.7 Å². The minimum absolute atomic E-state index is 0.113. The number of hydrogen-bond donors (Lipinski definition) is 2. The van der Waals surface area contributed by atoms with E-state index in [1.54, 1.807) is 0 Å². The molecule has 0 unspecified atom stereocenters. The number of ether oxygens (including phenoxy) is 2. The number of aromatic hydroxyl groups is 2. The third-order valence-corrected chi connectivity index (χ3v) is 5.33. The molecule has 4 rings (SSSR count). The number of phenols is 2. The summed E-state index contributed by atoms with van der Waals surface area (Å²) in [6, 6.07) is 6.53. The second-order valence-corrected chi connectivity index (χ2v) is 8.69. The number of Topliss-reactive ketones (excluding diaryl/α,β-unsaturated/α-hetero) is 1. The van der Waals surface area contributed by atoms with Crippen molar-refractivity contribution in [2.45, 2.75) is 52.2 Å². The molecule has 2 aromatic carbocycles. The summed E-state index contributed by atoms with van der Waals surface area (Å²) in [7, 11) is 0. The first-order valence-corrected chi connectivity index (χ1v) is 10.1. The Balaban J connectivity index is 1.77. The van der Waals surface area contributed by atoms with Gasteiger partial charge in [-0.1, -0.05) is 17.7 Å². The van der Waals surface area contributed by atoms with Crippen molar-refractivity contribution in [2.24, 2.45) is 0 Å². The van der Waals surface area contributed by atoms with Crippen LogP contribution < -0.4 is 9.47 Å². The first-order valence-electron chi connectivity index (χ1n) is 10.1. The summed E-state index contributed by atoms with van der Waals surface area (Å²) in [6.07, 6.45) is 6.52. The minimum Gasteiger partial charge on any atom is -0.508 e. The fourth-order valence-corrected chi connectivity index (χ4v) is 3.84. The lowest BCUT2D eigenvalue weighted by Crippen LogP contribution is -2.28. The van der Waals surface area contributed by atoms with Gasteiger partial charge in [-0.2, -0.15) is 0 Å². The monoisotopic (exact) mass is 406 g/mol. The van der Waals surface area contributed by atoms with Crippen molar-refractivity contribution in [3.05, 3.63) is 64.2 Å². The van der Waals surface area contributed by atoms with Crippen molar-refractivity contribution in [1.29, 1.82) is 0 Å². The number of fused-ring (bicyclic) bond motifs is 2. The van der Waals surface area contributed by atoms with E-state index in [2.05, 4.69) is 19.9 Å². The summed E-state index contributed by atoms with van der Waals surface area (Å²) >= 11 is 0. The Labute approximate surface area is 176 Å². The van der Waals surface area contributed by atoms with Gasteiger partial charge >= 0.3 is 0 Å². The van der Waals surface area contributed by atoms with Gasteiger partial charge in [0.1, 0.15) is 40.3 Å². The van der Waals surface area contributed by atoms with Gasteiger partial charge in [0.2, 0.25) is 0 Å². The van der Waals surface area contributed by atoms with Gasteiger partial charge in [-0.3, -0.25) is 4.79 Å². The van der Waals surface area contributed by atoms with Crippen molar-refractivity contribution >= 4 is 11.9 Å². The highest BCUT2D eigenvalue weighted by molar-refractivity contribution is 6.02. The lowest BCUT2D eigenvalue weighted by Gasteiger charge is -2.31. The van der Waals surface area contributed by atoms with E-state index < -0.39 is 6.10 Å². The van der Waals surface area contributed by atoms with E-state index in [1.807, 2.05) is 38.1 Å². The summed E-state index contributed by atoms with van der Waals surface area (Å²) in [5.74, 6) is 0.428. The molecule has 0 bridgehead atoms. The molecular formula is C25H26O5. The average Bonchev–Trinajstić information content (AvgIpc) is 2.64. The fourth-order valence-electron chi connectivity index (χ4n) is 3.84. The predicted molar refractivity (Wildman–Crippen MR) is 115 cm³/mol. The van der Waals surface area contributed by atoms with Crippen LogP contribution in [0.3, 0.4) is 0 Å². The Morgan fingerprint density at radius 3 is 2.70 bits per heavy atom. The number of phenolic OH excluding ortho intramolecular Hbond substituents is 2. The molecule has 2 aliphatic heterocycles. The van der Waals surface area contributed by atoms with E-state index in [0.717, 1.165) is 28.5 Å². The van der Waals surface area contributed by atoms with Crippen LogP contribution in [-0.4, -0.2) is 21.6 Å². The van der Waals surface area contributed by atoms with Crippen molar-refractivity contribution in [2.75, 3.05) is 0 Å². The number of benzene rings is 2.